The van der Waals surface area contributed by atoms with Crippen LogP contribution in [0.15, 0.2) is 34.9 Å². The summed E-state index contributed by atoms with van der Waals surface area (Å²) >= 11 is 0. The Bertz CT molecular complexity index is 640. The van der Waals surface area contributed by atoms with Crippen LogP contribution in [0, 0.1) is 0 Å². The summed E-state index contributed by atoms with van der Waals surface area (Å²) in [6, 6.07) is 4.86. The van der Waals surface area contributed by atoms with Gasteiger partial charge in [0.05, 0.1) is 18.8 Å². The molecule has 2 rings (SSSR count). The second kappa shape index (κ2) is 9.46. The second-order valence-corrected chi connectivity index (χ2v) is 4.79. The number of likely N-dealkylation sites (N-methyl/N-ethyl adjacent to an activating group) is 1. The minimum absolute atomic E-state index is 0. The van der Waals surface area contributed by atoms with E-state index < -0.39 is 11.7 Å². The fourth-order valence-electron chi connectivity index (χ4n) is 1.77. The zero-order chi connectivity index (χ0) is 16.7. The zero-order valence-electron chi connectivity index (χ0n) is 13.0. The van der Waals surface area contributed by atoms with E-state index in [1.54, 1.807) is 12.2 Å². The van der Waals surface area contributed by atoms with Crippen LogP contribution < -0.4 is 5.32 Å². The van der Waals surface area contributed by atoms with Crippen LogP contribution in [0.3, 0.4) is 0 Å². The van der Waals surface area contributed by atoms with Crippen LogP contribution in [0.25, 0.3) is 12.2 Å². The third-order valence-electron chi connectivity index (χ3n) is 2.97. The van der Waals surface area contributed by atoms with Crippen LogP contribution >= 0.6 is 12.4 Å². The first-order valence-electron chi connectivity index (χ1n) is 7.01. The molecule has 0 radical (unpaired) electrons. The number of nitrogens with zero attached hydrogens (tertiary/aromatic N) is 1. The molecule has 0 bridgehead atoms. The van der Waals surface area contributed by atoms with E-state index in [9.17, 15) is 13.2 Å². The standard InChI is InChI=1S/C16H17F3N2O2.ClH/c1-20-8-9-22-10-14-11-23-15(21-14)7-4-12-2-5-13(6-3-12)16(17,18)19;/h2-7,11,20H,8-10H2,1H3;1H/b7-4+;. The van der Waals surface area contributed by atoms with E-state index in [4.69, 9.17) is 9.15 Å². The van der Waals surface area contributed by atoms with Crippen molar-refractivity contribution in [2.75, 3.05) is 20.2 Å². The van der Waals surface area contributed by atoms with E-state index in [1.165, 1.54) is 18.4 Å². The lowest BCUT2D eigenvalue weighted by atomic mass is 10.1. The highest BCUT2D eigenvalue weighted by molar-refractivity contribution is 5.85. The third kappa shape index (κ3) is 6.35. The van der Waals surface area contributed by atoms with Gasteiger partial charge in [-0.2, -0.15) is 13.2 Å². The number of aromatic nitrogens is 1. The van der Waals surface area contributed by atoms with Crippen molar-refractivity contribution in [2.45, 2.75) is 12.8 Å². The van der Waals surface area contributed by atoms with E-state index in [1.807, 2.05) is 7.05 Å². The number of nitrogens with one attached hydrogen (secondary N) is 1. The van der Waals surface area contributed by atoms with E-state index in [0.29, 0.717) is 30.4 Å². The molecule has 0 amide bonds. The minimum atomic E-state index is -4.33. The highest BCUT2D eigenvalue weighted by Crippen LogP contribution is 2.29. The highest BCUT2D eigenvalue weighted by Gasteiger charge is 2.29. The first-order valence-corrected chi connectivity index (χ1v) is 7.01. The SMILES string of the molecule is CNCCOCc1coc(/C=C/c2ccc(C(F)(F)F)cc2)n1.Cl. The predicted molar refractivity (Wildman–Crippen MR) is 87.7 cm³/mol. The smallest absolute Gasteiger partial charge is 0.416 e. The van der Waals surface area contributed by atoms with Gasteiger partial charge in [0.2, 0.25) is 5.89 Å². The summed E-state index contributed by atoms with van der Waals surface area (Å²) in [4.78, 5) is 4.20. The molecule has 0 saturated heterocycles. The normalized spacial score (nSPS) is 11.7. The van der Waals surface area contributed by atoms with Gasteiger partial charge in [-0.05, 0) is 30.8 Å². The van der Waals surface area contributed by atoms with E-state index in [0.717, 1.165) is 18.7 Å². The quantitative estimate of drug-likeness (QED) is 0.756. The van der Waals surface area contributed by atoms with Crippen molar-refractivity contribution in [3.63, 3.8) is 0 Å². The number of benzene rings is 1. The number of halogens is 4. The minimum Gasteiger partial charge on any atom is -0.445 e. The van der Waals surface area contributed by atoms with Crippen LogP contribution in [0.2, 0.25) is 0 Å². The van der Waals surface area contributed by atoms with Crippen molar-refractivity contribution in [2.24, 2.45) is 0 Å². The number of hydrogen-bond donors (Lipinski definition) is 1. The molecule has 0 fully saturated rings. The van der Waals surface area contributed by atoms with Crippen molar-refractivity contribution in [3.05, 3.63) is 53.2 Å². The topological polar surface area (TPSA) is 47.3 Å². The first kappa shape index (κ1) is 20.2. The van der Waals surface area contributed by atoms with Gasteiger partial charge in [0.15, 0.2) is 0 Å². The van der Waals surface area contributed by atoms with Gasteiger partial charge in [0, 0.05) is 12.6 Å². The molecule has 8 heteroatoms. The van der Waals surface area contributed by atoms with Crippen LogP contribution in [0.5, 0.6) is 0 Å². The molecule has 132 valence electrons. The molecule has 1 N–H and O–H groups in total. The summed E-state index contributed by atoms with van der Waals surface area (Å²) in [6.45, 7) is 1.66. The maximum atomic E-state index is 12.5. The molecule has 0 atom stereocenters. The summed E-state index contributed by atoms with van der Waals surface area (Å²) in [5, 5.41) is 2.96. The molecular weight excluding hydrogens is 345 g/mol. The van der Waals surface area contributed by atoms with Crippen molar-refractivity contribution in [1.29, 1.82) is 0 Å². The maximum absolute atomic E-state index is 12.5. The molecule has 0 aliphatic heterocycles. The molecular formula is C16H18ClF3N2O2. The Morgan fingerprint density at radius 3 is 2.54 bits per heavy atom. The fraction of sp³-hybridized carbons (Fsp3) is 0.312. The zero-order valence-corrected chi connectivity index (χ0v) is 13.8. The Morgan fingerprint density at radius 1 is 1.21 bits per heavy atom. The fourth-order valence-corrected chi connectivity index (χ4v) is 1.77. The molecule has 1 heterocycles. The average Bonchev–Trinajstić information content (AvgIpc) is 2.97. The molecule has 0 aliphatic carbocycles. The molecule has 0 aliphatic rings. The number of hydrogen-bond acceptors (Lipinski definition) is 4. The first-order chi connectivity index (χ1) is 11.0. The Hall–Kier alpha value is -1.83. The van der Waals surface area contributed by atoms with Gasteiger partial charge < -0.3 is 14.5 Å². The second-order valence-electron chi connectivity index (χ2n) is 4.79. The lowest BCUT2D eigenvalue weighted by Gasteiger charge is -2.05. The summed E-state index contributed by atoms with van der Waals surface area (Å²) in [5.41, 5.74) is 0.614. The molecule has 1 aromatic heterocycles. The van der Waals surface area contributed by atoms with Gasteiger partial charge in [0.1, 0.15) is 12.0 Å². The monoisotopic (exact) mass is 362 g/mol. The van der Waals surface area contributed by atoms with E-state index >= 15 is 0 Å². The van der Waals surface area contributed by atoms with Gasteiger partial charge >= 0.3 is 6.18 Å². The van der Waals surface area contributed by atoms with Crippen molar-refractivity contribution < 1.29 is 22.3 Å². The van der Waals surface area contributed by atoms with Crippen LogP contribution in [0.1, 0.15) is 22.7 Å². The lowest BCUT2D eigenvalue weighted by molar-refractivity contribution is -0.137. The van der Waals surface area contributed by atoms with Crippen molar-refractivity contribution in [1.82, 2.24) is 10.3 Å². The Kier molecular flexibility index (Phi) is 7.97. The summed E-state index contributed by atoms with van der Waals surface area (Å²) in [5.74, 6) is 0.372. The Morgan fingerprint density at radius 2 is 1.92 bits per heavy atom. The van der Waals surface area contributed by atoms with Crippen molar-refractivity contribution >= 4 is 24.6 Å². The summed E-state index contributed by atoms with van der Waals surface area (Å²) < 4.78 is 48.0. The van der Waals surface area contributed by atoms with Crippen molar-refractivity contribution in [3.8, 4) is 0 Å². The molecule has 0 spiro atoms. The predicted octanol–water partition coefficient (Wildman–Crippen LogP) is 4.02. The van der Waals surface area contributed by atoms with E-state index in [-0.39, 0.29) is 12.4 Å². The van der Waals surface area contributed by atoms with E-state index in [2.05, 4.69) is 10.3 Å². The summed E-state index contributed by atoms with van der Waals surface area (Å²) in [6.07, 6.45) is 0.399. The van der Waals surface area contributed by atoms with Crippen LogP contribution in [-0.4, -0.2) is 25.2 Å². The van der Waals surface area contributed by atoms with Gasteiger partial charge in [-0.3, -0.25) is 0 Å². The largest absolute Gasteiger partial charge is 0.445 e. The number of alkyl halides is 3. The third-order valence-corrected chi connectivity index (χ3v) is 2.97. The lowest BCUT2D eigenvalue weighted by Crippen LogP contribution is -2.14. The number of ether oxygens (including phenoxy) is 1. The van der Waals surface area contributed by atoms with Gasteiger partial charge in [0.25, 0.3) is 0 Å². The molecule has 4 nitrogen and oxygen atoms in total. The molecule has 2 aromatic rings. The van der Waals surface area contributed by atoms with Gasteiger partial charge in [-0.25, -0.2) is 4.98 Å². The molecule has 1 aromatic carbocycles. The van der Waals surface area contributed by atoms with Crippen LogP contribution in [-0.2, 0) is 17.5 Å². The number of rotatable bonds is 7. The van der Waals surface area contributed by atoms with Crippen LogP contribution in [0.4, 0.5) is 13.2 Å². The molecule has 0 unspecified atom stereocenters. The number of oxazole rings is 1. The van der Waals surface area contributed by atoms with Gasteiger partial charge in [-0.1, -0.05) is 12.1 Å². The Balaban J connectivity index is 0.00000288. The molecule has 0 saturated carbocycles. The highest BCUT2D eigenvalue weighted by atomic mass is 35.5. The Labute approximate surface area is 144 Å². The average molecular weight is 363 g/mol. The summed E-state index contributed by atoms with van der Waals surface area (Å²) in [7, 11) is 1.84. The maximum Gasteiger partial charge on any atom is 0.416 e. The molecule has 24 heavy (non-hydrogen) atoms. The van der Waals surface area contributed by atoms with Gasteiger partial charge in [-0.15, -0.1) is 12.4 Å².